The van der Waals surface area contributed by atoms with Crippen molar-refractivity contribution in [1.82, 2.24) is 15.3 Å². The van der Waals surface area contributed by atoms with Crippen molar-refractivity contribution in [2.45, 2.75) is 70.1 Å². The van der Waals surface area contributed by atoms with Crippen molar-refractivity contribution in [3.05, 3.63) is 40.5 Å². The van der Waals surface area contributed by atoms with Crippen LogP contribution in [0.15, 0.2) is 24.4 Å². The number of ether oxygens (including phenoxy) is 2. The fourth-order valence-electron chi connectivity index (χ4n) is 5.07. The summed E-state index contributed by atoms with van der Waals surface area (Å²) in [5.74, 6) is 1.20. The second-order valence-electron chi connectivity index (χ2n) is 10.1. The predicted molar refractivity (Wildman–Crippen MR) is 133 cm³/mol. The van der Waals surface area contributed by atoms with Gasteiger partial charge in [-0.05, 0) is 74.5 Å². The number of methoxy groups -OCH3 is 1. The first-order valence-corrected chi connectivity index (χ1v) is 12.9. The van der Waals surface area contributed by atoms with E-state index in [4.69, 9.17) is 26.1 Å². The summed E-state index contributed by atoms with van der Waals surface area (Å²) in [4.78, 5) is 24.6. The molecule has 2 N–H and O–H groups in total. The molecule has 5 rings (SSSR count). The van der Waals surface area contributed by atoms with Gasteiger partial charge in [-0.2, -0.15) is 4.98 Å². The lowest BCUT2D eigenvalue weighted by molar-refractivity contribution is 0.0862. The van der Waals surface area contributed by atoms with E-state index in [2.05, 4.69) is 15.2 Å². The summed E-state index contributed by atoms with van der Waals surface area (Å²) in [6.07, 6.45) is 9.17. The number of benzene rings is 1. The smallest absolute Gasteiger partial charge is 0.258 e. The average molecular weight is 501 g/mol. The summed E-state index contributed by atoms with van der Waals surface area (Å²) in [6.45, 7) is 2.05. The normalized spacial score (nSPS) is 23.1. The summed E-state index contributed by atoms with van der Waals surface area (Å²) < 4.78 is 11.3. The molecule has 2 heterocycles. The second kappa shape index (κ2) is 10.2. The lowest BCUT2D eigenvalue weighted by Gasteiger charge is -2.32. The number of anilines is 1. The topological polar surface area (TPSA) is 96.8 Å². The highest BCUT2D eigenvalue weighted by Gasteiger charge is 2.44. The first-order chi connectivity index (χ1) is 16.9. The number of hydrogen-bond acceptors (Lipinski definition) is 7. The van der Waals surface area contributed by atoms with E-state index in [1.54, 1.807) is 25.4 Å². The van der Waals surface area contributed by atoms with Crippen LogP contribution in [0.1, 0.15) is 67.3 Å². The van der Waals surface area contributed by atoms with Gasteiger partial charge in [0, 0.05) is 25.3 Å². The van der Waals surface area contributed by atoms with Gasteiger partial charge < -0.3 is 24.8 Å². The molecule has 1 saturated heterocycles. The van der Waals surface area contributed by atoms with E-state index in [1.807, 2.05) is 6.07 Å². The molecule has 0 radical (unpaired) electrons. The molecule has 2 aliphatic carbocycles. The summed E-state index contributed by atoms with van der Waals surface area (Å²) in [6, 6.07) is 5.48. The minimum atomic E-state index is -0.277. The summed E-state index contributed by atoms with van der Waals surface area (Å²) >= 11 is 6.27. The molecule has 1 amide bonds. The third-order valence-corrected chi connectivity index (χ3v) is 7.97. The van der Waals surface area contributed by atoms with Crippen LogP contribution in [0, 0.1) is 5.41 Å². The molecule has 3 aliphatic rings. The maximum Gasteiger partial charge on any atom is 0.258 e. The van der Waals surface area contributed by atoms with E-state index in [0.717, 1.165) is 44.3 Å². The van der Waals surface area contributed by atoms with Gasteiger partial charge in [0.25, 0.3) is 5.91 Å². The first kappa shape index (κ1) is 24.1. The molecule has 35 heavy (non-hydrogen) atoms. The van der Waals surface area contributed by atoms with Gasteiger partial charge in [-0.25, -0.2) is 4.98 Å². The van der Waals surface area contributed by atoms with Crippen molar-refractivity contribution in [2.24, 2.45) is 5.41 Å². The van der Waals surface area contributed by atoms with Crippen molar-refractivity contribution in [2.75, 3.05) is 25.1 Å². The molecule has 188 valence electrons. The van der Waals surface area contributed by atoms with Gasteiger partial charge in [0.1, 0.15) is 17.9 Å². The Bertz CT molecular complexity index is 1060. The molecular formula is C26H33ClN4O4. The quantitative estimate of drug-likeness (QED) is 0.590. The van der Waals surface area contributed by atoms with Crippen molar-refractivity contribution >= 4 is 23.5 Å². The van der Waals surface area contributed by atoms with Gasteiger partial charge in [0.05, 0.1) is 18.2 Å². The van der Waals surface area contributed by atoms with Crippen LogP contribution in [0.3, 0.4) is 0 Å². The Hall–Kier alpha value is -2.58. The Kier molecular flexibility index (Phi) is 7.02. The molecule has 1 aromatic heterocycles. The van der Waals surface area contributed by atoms with Crippen LogP contribution in [0.5, 0.6) is 11.6 Å². The fraction of sp³-hybridized carbons (Fsp3) is 0.577. The summed E-state index contributed by atoms with van der Waals surface area (Å²) in [5, 5.41) is 13.3. The van der Waals surface area contributed by atoms with Crippen LogP contribution in [-0.2, 0) is 6.61 Å². The number of aliphatic hydroxyl groups excluding tert-OH is 1. The summed E-state index contributed by atoms with van der Waals surface area (Å²) in [5.41, 5.74) is 1.71. The van der Waals surface area contributed by atoms with Crippen LogP contribution < -0.4 is 19.7 Å². The van der Waals surface area contributed by atoms with Gasteiger partial charge >= 0.3 is 0 Å². The maximum atomic E-state index is 13.2. The Labute approximate surface area is 211 Å². The predicted octanol–water partition coefficient (Wildman–Crippen LogP) is 4.13. The first-order valence-electron chi connectivity index (χ1n) is 12.5. The molecule has 1 spiro atoms. The highest BCUT2D eigenvalue weighted by molar-refractivity contribution is 6.32. The zero-order valence-corrected chi connectivity index (χ0v) is 20.9. The molecule has 1 aliphatic heterocycles. The molecule has 0 atom stereocenters. The summed E-state index contributed by atoms with van der Waals surface area (Å²) in [7, 11) is 1.57. The Balaban J connectivity index is 1.33. The molecule has 9 heteroatoms. The number of halogens is 1. The Morgan fingerprint density at radius 1 is 1.20 bits per heavy atom. The number of aromatic nitrogens is 2. The van der Waals surface area contributed by atoms with Crippen LogP contribution in [-0.4, -0.2) is 53.3 Å². The highest BCUT2D eigenvalue weighted by atomic mass is 35.5. The number of carbonyl (C=O) groups excluding carboxylic acids is 1. The maximum absolute atomic E-state index is 13.2. The minimum Gasteiger partial charge on any atom is -0.495 e. The number of rotatable bonds is 7. The number of hydrogen-bond donors (Lipinski definition) is 2. The van der Waals surface area contributed by atoms with Gasteiger partial charge in [-0.1, -0.05) is 17.7 Å². The van der Waals surface area contributed by atoms with Gasteiger partial charge in [0.2, 0.25) is 11.8 Å². The number of carbonyl (C=O) groups is 1. The third kappa shape index (κ3) is 5.64. The highest BCUT2D eigenvalue weighted by Crippen LogP contribution is 2.53. The largest absolute Gasteiger partial charge is 0.495 e. The van der Waals surface area contributed by atoms with Crippen molar-refractivity contribution < 1.29 is 19.4 Å². The van der Waals surface area contributed by atoms with E-state index in [0.29, 0.717) is 40.5 Å². The Morgan fingerprint density at radius 2 is 1.94 bits per heavy atom. The van der Waals surface area contributed by atoms with E-state index in [9.17, 15) is 9.90 Å². The number of amides is 1. The van der Waals surface area contributed by atoms with Crippen LogP contribution >= 0.6 is 11.6 Å². The molecule has 2 saturated carbocycles. The molecular weight excluding hydrogens is 468 g/mol. The van der Waals surface area contributed by atoms with E-state index in [-0.39, 0.29) is 30.5 Å². The number of piperidine rings is 1. The number of nitrogens with one attached hydrogen (secondary N) is 1. The van der Waals surface area contributed by atoms with Gasteiger partial charge in [0.15, 0.2) is 0 Å². The lowest BCUT2D eigenvalue weighted by atomic mass is 9.93. The third-order valence-electron chi connectivity index (χ3n) is 7.67. The molecule has 0 unspecified atom stereocenters. The van der Waals surface area contributed by atoms with Gasteiger partial charge in [-0.3, -0.25) is 4.79 Å². The minimum absolute atomic E-state index is 0.0237. The lowest BCUT2D eigenvalue weighted by Crippen LogP contribution is -2.39. The van der Waals surface area contributed by atoms with Crippen LogP contribution in [0.2, 0.25) is 5.02 Å². The SMILES string of the molecule is COc1ccc(COc2nc(N3CCC4(CC3)CC4)ncc2C(=O)NC2CCC(O)CC2)cc1Cl. The zero-order chi connectivity index (χ0) is 24.4. The van der Waals surface area contributed by atoms with Crippen molar-refractivity contribution in [3.8, 4) is 11.6 Å². The van der Waals surface area contributed by atoms with Gasteiger partial charge in [-0.15, -0.1) is 0 Å². The molecule has 0 bridgehead atoms. The molecule has 8 nitrogen and oxygen atoms in total. The monoisotopic (exact) mass is 500 g/mol. The van der Waals surface area contributed by atoms with E-state index in [1.165, 1.54) is 12.8 Å². The van der Waals surface area contributed by atoms with Crippen LogP contribution in [0.4, 0.5) is 5.95 Å². The average Bonchev–Trinajstić information content (AvgIpc) is 3.63. The van der Waals surface area contributed by atoms with Crippen molar-refractivity contribution in [1.29, 1.82) is 0 Å². The zero-order valence-electron chi connectivity index (χ0n) is 20.1. The van der Waals surface area contributed by atoms with Crippen LogP contribution in [0.25, 0.3) is 0 Å². The van der Waals surface area contributed by atoms with E-state index < -0.39 is 0 Å². The number of aliphatic hydroxyl groups is 1. The van der Waals surface area contributed by atoms with Crippen molar-refractivity contribution in [3.63, 3.8) is 0 Å². The number of nitrogens with zero attached hydrogens (tertiary/aromatic N) is 3. The molecule has 1 aromatic carbocycles. The second-order valence-corrected chi connectivity index (χ2v) is 10.5. The molecule has 3 fully saturated rings. The standard InChI is InChI=1S/C26H33ClN4O4/c1-34-22-7-2-17(14-21(22)27)16-35-24-20(23(33)29-18-3-5-19(32)6-4-18)15-28-25(30-24)31-12-10-26(8-9-26)11-13-31/h2,7,14-15,18-19,32H,3-6,8-13,16H2,1H3,(H,29,33). The molecule has 2 aromatic rings. The Morgan fingerprint density at radius 3 is 2.60 bits per heavy atom. The fourth-order valence-corrected chi connectivity index (χ4v) is 5.35. The van der Waals surface area contributed by atoms with E-state index >= 15 is 0 Å².